The average Bonchev–Trinajstić information content (AvgIpc) is 2.56. The molecule has 0 saturated heterocycles. The van der Waals surface area contributed by atoms with Gasteiger partial charge in [0.2, 0.25) is 0 Å². The highest BCUT2D eigenvalue weighted by atomic mass is 32.1. The van der Waals surface area contributed by atoms with E-state index in [2.05, 4.69) is 25.2 Å². The first-order valence-corrected chi connectivity index (χ1v) is 6.12. The SMILES string of the molecule is Cc1cc(CNc2cccc(N)c2)sc1C. The van der Waals surface area contributed by atoms with Crippen LogP contribution in [0.3, 0.4) is 0 Å². The van der Waals surface area contributed by atoms with Crippen molar-refractivity contribution in [2.75, 3.05) is 11.1 Å². The molecular weight excluding hydrogens is 216 g/mol. The lowest BCUT2D eigenvalue weighted by Crippen LogP contribution is -1.97. The van der Waals surface area contributed by atoms with Gasteiger partial charge >= 0.3 is 0 Å². The fourth-order valence-corrected chi connectivity index (χ4v) is 2.57. The Kier molecular flexibility index (Phi) is 3.15. The molecule has 0 atom stereocenters. The van der Waals surface area contributed by atoms with Crippen LogP contribution in [0.5, 0.6) is 0 Å². The summed E-state index contributed by atoms with van der Waals surface area (Å²) in [6, 6.07) is 10.1. The van der Waals surface area contributed by atoms with Gasteiger partial charge in [0.1, 0.15) is 0 Å². The van der Waals surface area contributed by atoms with Gasteiger partial charge in [-0.15, -0.1) is 11.3 Å². The van der Waals surface area contributed by atoms with Crippen LogP contribution in [0.1, 0.15) is 15.3 Å². The van der Waals surface area contributed by atoms with Crippen molar-refractivity contribution in [3.05, 3.63) is 45.6 Å². The molecule has 16 heavy (non-hydrogen) atoms. The molecule has 0 saturated carbocycles. The first-order valence-electron chi connectivity index (χ1n) is 5.30. The molecular formula is C13H16N2S. The summed E-state index contributed by atoms with van der Waals surface area (Å²) in [5.74, 6) is 0. The van der Waals surface area contributed by atoms with E-state index in [0.29, 0.717) is 0 Å². The summed E-state index contributed by atoms with van der Waals surface area (Å²) in [6.45, 7) is 5.17. The fraction of sp³-hybridized carbons (Fsp3) is 0.231. The van der Waals surface area contributed by atoms with Crippen molar-refractivity contribution >= 4 is 22.7 Å². The molecule has 3 N–H and O–H groups in total. The van der Waals surface area contributed by atoms with Crippen LogP contribution in [0.2, 0.25) is 0 Å². The van der Waals surface area contributed by atoms with Crippen LogP contribution >= 0.6 is 11.3 Å². The van der Waals surface area contributed by atoms with Gasteiger partial charge in [-0.25, -0.2) is 0 Å². The van der Waals surface area contributed by atoms with Gasteiger partial charge in [-0.1, -0.05) is 6.07 Å². The Labute approximate surface area is 100 Å². The fourth-order valence-electron chi connectivity index (χ4n) is 1.57. The van der Waals surface area contributed by atoms with Crippen LogP contribution in [-0.2, 0) is 6.54 Å². The number of nitrogens with one attached hydrogen (secondary N) is 1. The topological polar surface area (TPSA) is 38.0 Å². The molecule has 0 aliphatic rings. The molecule has 2 aromatic rings. The van der Waals surface area contributed by atoms with Gasteiger partial charge in [-0.3, -0.25) is 0 Å². The number of hydrogen-bond donors (Lipinski definition) is 2. The van der Waals surface area contributed by atoms with Crippen LogP contribution < -0.4 is 11.1 Å². The Bertz CT molecular complexity index is 469. The van der Waals surface area contributed by atoms with Gasteiger partial charge in [0, 0.05) is 27.7 Å². The van der Waals surface area contributed by atoms with E-state index in [4.69, 9.17) is 5.73 Å². The standard InChI is InChI=1S/C13H16N2S/c1-9-6-13(16-10(9)2)8-15-12-5-3-4-11(14)7-12/h3-7,15H,8,14H2,1-2H3. The summed E-state index contributed by atoms with van der Waals surface area (Å²) in [4.78, 5) is 2.75. The van der Waals surface area contributed by atoms with E-state index < -0.39 is 0 Å². The molecule has 2 rings (SSSR count). The van der Waals surface area contributed by atoms with Crippen molar-refractivity contribution in [1.82, 2.24) is 0 Å². The lowest BCUT2D eigenvalue weighted by atomic mass is 10.2. The minimum Gasteiger partial charge on any atom is -0.399 e. The number of hydrogen-bond acceptors (Lipinski definition) is 3. The molecule has 0 fully saturated rings. The summed E-state index contributed by atoms with van der Waals surface area (Å²) in [6.07, 6.45) is 0. The second-order valence-electron chi connectivity index (χ2n) is 3.93. The first-order chi connectivity index (χ1) is 7.65. The molecule has 0 unspecified atom stereocenters. The van der Waals surface area contributed by atoms with E-state index in [1.165, 1.54) is 15.3 Å². The van der Waals surface area contributed by atoms with Crippen LogP contribution in [-0.4, -0.2) is 0 Å². The van der Waals surface area contributed by atoms with Crippen molar-refractivity contribution in [3.8, 4) is 0 Å². The third-order valence-electron chi connectivity index (χ3n) is 2.57. The van der Waals surface area contributed by atoms with Crippen molar-refractivity contribution in [1.29, 1.82) is 0 Å². The third-order valence-corrected chi connectivity index (χ3v) is 3.72. The molecule has 1 aromatic carbocycles. The van der Waals surface area contributed by atoms with E-state index in [0.717, 1.165) is 17.9 Å². The molecule has 84 valence electrons. The largest absolute Gasteiger partial charge is 0.399 e. The maximum atomic E-state index is 5.72. The van der Waals surface area contributed by atoms with Crippen LogP contribution in [0.25, 0.3) is 0 Å². The molecule has 0 aliphatic heterocycles. The highest BCUT2D eigenvalue weighted by Crippen LogP contribution is 2.22. The molecule has 1 heterocycles. The number of anilines is 2. The molecule has 0 bridgehead atoms. The Balaban J connectivity index is 2.02. The normalized spacial score (nSPS) is 10.4. The van der Waals surface area contributed by atoms with Crippen LogP contribution in [0, 0.1) is 13.8 Å². The maximum absolute atomic E-state index is 5.72. The number of nitrogen functional groups attached to an aromatic ring is 1. The summed E-state index contributed by atoms with van der Waals surface area (Å²) >= 11 is 1.84. The third kappa shape index (κ3) is 2.55. The minimum absolute atomic E-state index is 0.795. The Morgan fingerprint density at radius 1 is 1.25 bits per heavy atom. The Hall–Kier alpha value is -1.48. The van der Waals surface area contributed by atoms with Crippen molar-refractivity contribution < 1.29 is 0 Å². The molecule has 3 heteroatoms. The van der Waals surface area contributed by atoms with E-state index in [1.54, 1.807) is 0 Å². The highest BCUT2D eigenvalue weighted by molar-refractivity contribution is 7.12. The quantitative estimate of drug-likeness (QED) is 0.794. The van der Waals surface area contributed by atoms with Gasteiger partial charge in [-0.2, -0.15) is 0 Å². The van der Waals surface area contributed by atoms with Gasteiger partial charge in [0.15, 0.2) is 0 Å². The summed E-state index contributed by atoms with van der Waals surface area (Å²) in [5, 5.41) is 3.37. The highest BCUT2D eigenvalue weighted by Gasteiger charge is 2.01. The number of rotatable bonds is 3. The number of aryl methyl sites for hydroxylation is 2. The van der Waals surface area contributed by atoms with E-state index in [1.807, 2.05) is 35.6 Å². The second kappa shape index (κ2) is 4.58. The molecule has 2 nitrogen and oxygen atoms in total. The number of benzene rings is 1. The molecule has 0 spiro atoms. The molecule has 0 aliphatic carbocycles. The average molecular weight is 232 g/mol. The summed E-state index contributed by atoms with van der Waals surface area (Å²) in [5.41, 5.74) is 8.96. The van der Waals surface area contributed by atoms with E-state index in [9.17, 15) is 0 Å². The van der Waals surface area contributed by atoms with Gasteiger partial charge < -0.3 is 11.1 Å². The number of thiophene rings is 1. The van der Waals surface area contributed by atoms with Gasteiger partial charge in [0.05, 0.1) is 0 Å². The minimum atomic E-state index is 0.795. The monoisotopic (exact) mass is 232 g/mol. The summed E-state index contributed by atoms with van der Waals surface area (Å²) in [7, 11) is 0. The predicted molar refractivity (Wildman–Crippen MR) is 72.0 cm³/mol. The first kappa shape index (κ1) is 11.0. The smallest absolute Gasteiger partial charge is 0.0494 e. The van der Waals surface area contributed by atoms with Gasteiger partial charge in [-0.05, 0) is 43.7 Å². The zero-order valence-electron chi connectivity index (χ0n) is 9.58. The van der Waals surface area contributed by atoms with Crippen molar-refractivity contribution in [2.45, 2.75) is 20.4 Å². The van der Waals surface area contributed by atoms with Crippen LogP contribution in [0.15, 0.2) is 30.3 Å². The predicted octanol–water partition coefficient (Wildman–Crippen LogP) is 3.56. The van der Waals surface area contributed by atoms with Crippen molar-refractivity contribution in [3.63, 3.8) is 0 Å². The molecule has 0 amide bonds. The zero-order valence-corrected chi connectivity index (χ0v) is 10.4. The van der Waals surface area contributed by atoms with E-state index in [-0.39, 0.29) is 0 Å². The second-order valence-corrected chi connectivity index (χ2v) is 5.27. The Morgan fingerprint density at radius 3 is 2.69 bits per heavy atom. The Morgan fingerprint density at radius 2 is 2.06 bits per heavy atom. The molecule has 0 radical (unpaired) electrons. The van der Waals surface area contributed by atoms with Gasteiger partial charge in [0.25, 0.3) is 0 Å². The summed E-state index contributed by atoms with van der Waals surface area (Å²) < 4.78 is 0. The van der Waals surface area contributed by atoms with Crippen LogP contribution in [0.4, 0.5) is 11.4 Å². The lowest BCUT2D eigenvalue weighted by molar-refractivity contribution is 1.19. The zero-order chi connectivity index (χ0) is 11.5. The van der Waals surface area contributed by atoms with E-state index >= 15 is 0 Å². The lowest BCUT2D eigenvalue weighted by Gasteiger charge is -2.05. The number of nitrogens with two attached hydrogens (primary N) is 1. The van der Waals surface area contributed by atoms with Crippen molar-refractivity contribution in [2.24, 2.45) is 0 Å². The molecule has 1 aromatic heterocycles. The maximum Gasteiger partial charge on any atom is 0.0494 e.